The van der Waals surface area contributed by atoms with Crippen molar-refractivity contribution in [2.45, 2.75) is 49.5 Å². The third kappa shape index (κ3) is 2.99. The molecule has 0 aromatic heterocycles. The molecule has 6 heteroatoms. The molecule has 1 unspecified atom stereocenters. The van der Waals surface area contributed by atoms with Crippen LogP contribution in [0.3, 0.4) is 0 Å². The molecule has 0 spiro atoms. The van der Waals surface area contributed by atoms with Crippen LogP contribution in [0.5, 0.6) is 0 Å². The summed E-state index contributed by atoms with van der Waals surface area (Å²) in [7, 11) is 1.59. The molecule has 23 heavy (non-hydrogen) atoms. The number of carbonyl (C=O) groups excluding carboxylic acids is 1. The van der Waals surface area contributed by atoms with Gasteiger partial charge >= 0.3 is 5.97 Å². The zero-order valence-corrected chi connectivity index (χ0v) is 13.2. The number of rotatable bonds is 4. The third-order valence-electron chi connectivity index (χ3n) is 5.33. The summed E-state index contributed by atoms with van der Waals surface area (Å²) in [5.74, 6) is -1.19. The number of aliphatic hydroxyl groups excluding tert-OH is 2. The molecule has 1 aromatic rings. The highest BCUT2D eigenvalue weighted by molar-refractivity contribution is 5.78. The number of benzene rings is 1. The average Bonchev–Trinajstić information content (AvgIpc) is 2.65. The lowest BCUT2D eigenvalue weighted by molar-refractivity contribution is -0.905. The van der Waals surface area contributed by atoms with Crippen molar-refractivity contribution in [2.75, 3.05) is 13.7 Å². The van der Waals surface area contributed by atoms with Crippen LogP contribution in [0.25, 0.3) is 0 Å². The van der Waals surface area contributed by atoms with Crippen molar-refractivity contribution in [2.24, 2.45) is 0 Å². The molecule has 2 aliphatic heterocycles. The highest BCUT2D eigenvalue weighted by atomic mass is 16.6. The van der Waals surface area contributed by atoms with Gasteiger partial charge in [-0.05, 0) is 5.56 Å². The van der Waals surface area contributed by atoms with Gasteiger partial charge in [-0.3, -0.25) is 4.79 Å². The average molecular weight is 321 g/mol. The van der Waals surface area contributed by atoms with Crippen LogP contribution in [0.1, 0.15) is 30.7 Å². The zero-order valence-electron chi connectivity index (χ0n) is 13.2. The van der Waals surface area contributed by atoms with Crippen molar-refractivity contribution in [3.63, 3.8) is 0 Å². The van der Waals surface area contributed by atoms with E-state index in [1.807, 2.05) is 18.2 Å². The Hall–Kier alpha value is -1.47. The van der Waals surface area contributed by atoms with Gasteiger partial charge in [0, 0.05) is 19.3 Å². The standard InChI is InChI=1S/C17H23NO5/c1-18(22)12-7-13(9-15(18)16(20)8-12)23-17(21)14(10-19)11-5-3-2-4-6-11/h2-6,12-16,19-20H,7-10H2,1H3/t12-,13-,14?,15+,16+,18+/m0/s1. The summed E-state index contributed by atoms with van der Waals surface area (Å²) in [6.45, 7) is -0.319. The highest BCUT2D eigenvalue weighted by Crippen LogP contribution is 2.41. The molecule has 3 rings (SSSR count). The van der Waals surface area contributed by atoms with Gasteiger partial charge in [0.25, 0.3) is 0 Å². The van der Waals surface area contributed by atoms with Crippen LogP contribution in [-0.4, -0.2) is 58.8 Å². The summed E-state index contributed by atoms with van der Waals surface area (Å²) >= 11 is 0. The fourth-order valence-electron chi connectivity index (χ4n) is 3.94. The Morgan fingerprint density at radius 1 is 1.35 bits per heavy atom. The van der Waals surface area contributed by atoms with Gasteiger partial charge in [-0.2, -0.15) is 0 Å². The van der Waals surface area contributed by atoms with Crippen LogP contribution in [0.4, 0.5) is 0 Å². The second-order valence-corrected chi connectivity index (χ2v) is 6.76. The molecule has 0 amide bonds. The summed E-state index contributed by atoms with van der Waals surface area (Å²) < 4.78 is 5.12. The van der Waals surface area contributed by atoms with Crippen molar-refractivity contribution in [1.29, 1.82) is 0 Å². The van der Waals surface area contributed by atoms with Crippen molar-refractivity contribution in [3.8, 4) is 0 Å². The number of quaternary nitrogens is 1. The van der Waals surface area contributed by atoms with E-state index in [-0.39, 0.29) is 18.8 Å². The fraction of sp³-hybridized carbons (Fsp3) is 0.588. The van der Waals surface area contributed by atoms with E-state index in [0.717, 1.165) is 0 Å². The van der Waals surface area contributed by atoms with Gasteiger partial charge in [-0.15, -0.1) is 0 Å². The molecular formula is C17H23NO5. The fourth-order valence-corrected chi connectivity index (χ4v) is 3.94. The van der Waals surface area contributed by atoms with Crippen LogP contribution in [0.15, 0.2) is 30.3 Å². The largest absolute Gasteiger partial charge is 0.633 e. The zero-order chi connectivity index (χ0) is 16.6. The number of esters is 1. The Labute approximate surface area is 135 Å². The number of nitrogens with zero attached hydrogens (tertiary/aromatic N) is 1. The van der Waals surface area contributed by atoms with E-state index in [0.29, 0.717) is 24.8 Å². The number of hydrogen-bond acceptors (Lipinski definition) is 5. The number of carbonyl (C=O) groups is 1. The predicted molar refractivity (Wildman–Crippen MR) is 83.1 cm³/mol. The lowest BCUT2D eigenvalue weighted by atomic mass is 9.97. The number of ether oxygens (including phenoxy) is 1. The van der Waals surface area contributed by atoms with Gasteiger partial charge in [0.1, 0.15) is 24.2 Å². The number of hydrogen-bond donors (Lipinski definition) is 2. The van der Waals surface area contributed by atoms with E-state index >= 15 is 0 Å². The Kier molecular flexibility index (Phi) is 4.42. The van der Waals surface area contributed by atoms with Crippen LogP contribution in [0, 0.1) is 5.21 Å². The molecular weight excluding hydrogens is 298 g/mol. The predicted octanol–water partition coefficient (Wildman–Crippen LogP) is 0.914. The van der Waals surface area contributed by atoms with Gasteiger partial charge in [-0.1, -0.05) is 30.3 Å². The van der Waals surface area contributed by atoms with Gasteiger partial charge < -0.3 is 24.8 Å². The van der Waals surface area contributed by atoms with Crippen LogP contribution >= 0.6 is 0 Å². The first-order chi connectivity index (χ1) is 10.9. The van der Waals surface area contributed by atoms with Crippen molar-refractivity contribution >= 4 is 5.97 Å². The summed E-state index contributed by atoms with van der Waals surface area (Å²) in [4.78, 5) is 12.4. The first-order valence-corrected chi connectivity index (χ1v) is 8.04. The minimum absolute atomic E-state index is 0.231. The van der Waals surface area contributed by atoms with Crippen molar-refractivity contribution in [1.82, 2.24) is 0 Å². The molecule has 0 radical (unpaired) electrons. The maximum absolute atomic E-state index is 12.5. The van der Waals surface area contributed by atoms with Gasteiger partial charge in [0.15, 0.2) is 0 Å². The minimum atomic E-state index is -0.714. The Morgan fingerprint density at radius 3 is 2.65 bits per heavy atom. The topological polar surface area (TPSA) is 89.8 Å². The normalized spacial score (nSPS) is 37.4. The van der Waals surface area contributed by atoms with E-state index in [1.54, 1.807) is 19.2 Å². The maximum Gasteiger partial charge on any atom is 0.316 e. The molecule has 126 valence electrons. The smallest absolute Gasteiger partial charge is 0.316 e. The summed E-state index contributed by atoms with van der Waals surface area (Å²) in [6.07, 6.45) is 0.296. The van der Waals surface area contributed by atoms with Gasteiger partial charge in [0.05, 0.1) is 19.7 Å². The van der Waals surface area contributed by atoms with Gasteiger partial charge in [-0.25, -0.2) is 0 Å². The maximum atomic E-state index is 12.5. The molecule has 0 aliphatic carbocycles. The minimum Gasteiger partial charge on any atom is -0.633 e. The monoisotopic (exact) mass is 321 g/mol. The number of fused-ring (bicyclic) bond motifs is 2. The van der Waals surface area contributed by atoms with Crippen LogP contribution < -0.4 is 0 Å². The van der Waals surface area contributed by atoms with Crippen LogP contribution in [0.2, 0.25) is 0 Å². The molecule has 2 aliphatic rings. The Morgan fingerprint density at radius 2 is 2.04 bits per heavy atom. The second kappa shape index (κ2) is 6.20. The Balaban J connectivity index is 1.67. The molecule has 0 saturated carbocycles. The van der Waals surface area contributed by atoms with Gasteiger partial charge in [0.2, 0.25) is 0 Å². The van der Waals surface area contributed by atoms with E-state index in [4.69, 9.17) is 4.74 Å². The third-order valence-corrected chi connectivity index (χ3v) is 5.33. The molecule has 2 heterocycles. The number of likely N-dealkylation sites (N-methyl/N-ethyl adjacent to an activating group) is 1. The lowest BCUT2D eigenvalue weighted by Gasteiger charge is -2.50. The quantitative estimate of drug-likeness (QED) is 0.489. The molecule has 2 saturated heterocycles. The molecule has 2 bridgehead atoms. The summed E-state index contributed by atoms with van der Waals surface area (Å²) in [5.41, 5.74) is 0.711. The molecule has 6 nitrogen and oxygen atoms in total. The van der Waals surface area contributed by atoms with E-state index in [9.17, 15) is 20.2 Å². The first-order valence-electron chi connectivity index (χ1n) is 8.04. The second-order valence-electron chi connectivity index (χ2n) is 6.76. The molecule has 1 aromatic carbocycles. The highest BCUT2D eigenvalue weighted by Gasteiger charge is 2.53. The molecule has 6 atom stereocenters. The van der Waals surface area contributed by atoms with Crippen LogP contribution in [-0.2, 0) is 9.53 Å². The Bertz CT molecular complexity index is 561. The SMILES string of the molecule is C[N@@+]1([O-])[C@H]2C[C@H](OC(=O)C(CO)c3ccccc3)C[C@@H]1[C@H](O)C2. The lowest BCUT2D eigenvalue weighted by Crippen LogP contribution is -2.56. The summed E-state index contributed by atoms with van der Waals surface area (Å²) in [5, 5.41) is 32.0. The number of hydroxylamine groups is 3. The number of aliphatic hydroxyl groups is 2. The van der Waals surface area contributed by atoms with E-state index < -0.39 is 28.7 Å². The van der Waals surface area contributed by atoms with Crippen molar-refractivity contribution in [3.05, 3.63) is 41.1 Å². The first kappa shape index (κ1) is 16.4. The van der Waals surface area contributed by atoms with Crippen molar-refractivity contribution < 1.29 is 24.4 Å². The van der Waals surface area contributed by atoms with E-state index in [1.165, 1.54) is 0 Å². The number of piperidine rings is 1. The molecule has 2 N–H and O–H groups in total. The summed E-state index contributed by atoms with van der Waals surface area (Å²) in [6, 6.07) is 8.35. The van der Waals surface area contributed by atoms with E-state index in [2.05, 4.69) is 0 Å². The molecule has 2 fully saturated rings.